The van der Waals surface area contributed by atoms with E-state index in [9.17, 15) is 0 Å². The van der Waals surface area contributed by atoms with Gasteiger partial charge >= 0.3 is 0 Å². The lowest BCUT2D eigenvalue weighted by Crippen LogP contribution is -2.16. The van der Waals surface area contributed by atoms with E-state index in [0.29, 0.717) is 0 Å². The van der Waals surface area contributed by atoms with Gasteiger partial charge < -0.3 is 9.80 Å². The maximum atomic E-state index is 4.25. The quantitative estimate of drug-likeness (QED) is 0.206. The van der Waals surface area contributed by atoms with Crippen LogP contribution in [0, 0.1) is 13.8 Å². The highest BCUT2D eigenvalue weighted by atomic mass is 15.1. The molecule has 0 N–H and O–H groups in total. The normalized spacial score (nSPS) is 13.4. The Morgan fingerprint density at radius 3 is 1.62 bits per heavy atom. The number of allylic oxidation sites excluding steroid dienone is 4. The van der Waals surface area contributed by atoms with Crippen molar-refractivity contribution in [3.05, 3.63) is 174 Å². The van der Waals surface area contributed by atoms with Crippen LogP contribution in [0.5, 0.6) is 0 Å². The fourth-order valence-electron chi connectivity index (χ4n) is 6.11. The average Bonchev–Trinajstić information content (AvgIpc) is 3.37. The molecule has 0 saturated carbocycles. The summed E-state index contributed by atoms with van der Waals surface area (Å²) >= 11 is 0. The highest BCUT2D eigenvalue weighted by Crippen LogP contribution is 2.44. The Kier molecular flexibility index (Phi) is 6.60. The van der Waals surface area contributed by atoms with Gasteiger partial charge in [-0.1, -0.05) is 78.4 Å². The number of benzene rings is 5. The number of fused-ring (bicyclic) bond motifs is 3. The van der Waals surface area contributed by atoms with E-state index in [1.807, 2.05) is 0 Å². The maximum absolute atomic E-state index is 4.25. The van der Waals surface area contributed by atoms with Crippen LogP contribution < -0.4 is 9.80 Å². The Hall–Kier alpha value is -5.08. The van der Waals surface area contributed by atoms with E-state index in [2.05, 4.69) is 164 Å². The molecular weight excluding hydrogens is 508 g/mol. The molecule has 7 rings (SSSR count). The van der Waals surface area contributed by atoms with Crippen LogP contribution in [-0.4, -0.2) is 0 Å². The zero-order chi connectivity index (χ0) is 28.6. The summed E-state index contributed by atoms with van der Waals surface area (Å²) in [7, 11) is 0. The van der Waals surface area contributed by atoms with E-state index in [-0.39, 0.29) is 0 Å². The number of anilines is 5. The summed E-state index contributed by atoms with van der Waals surface area (Å²) in [5, 5.41) is 0. The molecule has 42 heavy (non-hydrogen) atoms. The Morgan fingerprint density at radius 2 is 1.05 bits per heavy atom. The second kappa shape index (κ2) is 10.7. The highest BCUT2D eigenvalue weighted by molar-refractivity contribution is 5.85. The fraction of sp³-hybridized carbons (Fsp3) is 0.100. The molecule has 5 aromatic rings. The van der Waals surface area contributed by atoms with Gasteiger partial charge in [-0.05, 0) is 127 Å². The molecule has 5 aromatic carbocycles. The van der Waals surface area contributed by atoms with Crippen molar-refractivity contribution >= 4 is 28.4 Å². The largest absolute Gasteiger partial charge is 0.310 e. The second-order valence-corrected chi connectivity index (χ2v) is 11.4. The molecule has 0 radical (unpaired) electrons. The van der Waals surface area contributed by atoms with Crippen molar-refractivity contribution in [2.45, 2.75) is 26.7 Å². The van der Waals surface area contributed by atoms with Crippen LogP contribution in [0.4, 0.5) is 28.4 Å². The van der Waals surface area contributed by atoms with Gasteiger partial charge in [0.05, 0.1) is 0 Å². The van der Waals surface area contributed by atoms with Gasteiger partial charge in [-0.15, -0.1) is 0 Å². The van der Waals surface area contributed by atoms with Crippen molar-refractivity contribution in [2.24, 2.45) is 0 Å². The lowest BCUT2D eigenvalue weighted by atomic mass is 10.0. The minimum Gasteiger partial charge on any atom is -0.310 e. The van der Waals surface area contributed by atoms with Crippen LogP contribution in [0.1, 0.15) is 28.7 Å². The summed E-state index contributed by atoms with van der Waals surface area (Å²) in [4.78, 5) is 4.70. The molecule has 0 aromatic heterocycles. The average molecular weight is 543 g/mol. The van der Waals surface area contributed by atoms with Crippen LogP contribution in [0.3, 0.4) is 0 Å². The Labute approximate surface area is 249 Å². The number of rotatable bonds is 6. The zero-order valence-corrected chi connectivity index (χ0v) is 24.2. The first-order valence-corrected chi connectivity index (χ1v) is 14.6. The summed E-state index contributed by atoms with van der Waals surface area (Å²) < 4.78 is 0. The minimum absolute atomic E-state index is 0.898. The number of hydrogen-bond acceptors (Lipinski definition) is 2. The lowest BCUT2D eigenvalue weighted by Gasteiger charge is -2.28. The molecule has 0 saturated heterocycles. The van der Waals surface area contributed by atoms with Gasteiger partial charge in [0.15, 0.2) is 0 Å². The predicted octanol–water partition coefficient (Wildman–Crippen LogP) is 10.9. The maximum Gasteiger partial charge on any atom is 0.0464 e. The first-order chi connectivity index (χ1) is 20.5. The van der Waals surface area contributed by atoms with Gasteiger partial charge in [0.1, 0.15) is 0 Å². The summed E-state index contributed by atoms with van der Waals surface area (Å²) in [6.07, 6.45) is 8.43. The smallest absolute Gasteiger partial charge is 0.0464 e. The molecule has 2 nitrogen and oxygen atoms in total. The Balaban J connectivity index is 1.27. The molecule has 2 heteroatoms. The van der Waals surface area contributed by atoms with Gasteiger partial charge in [0.25, 0.3) is 0 Å². The van der Waals surface area contributed by atoms with E-state index < -0.39 is 0 Å². The van der Waals surface area contributed by atoms with Crippen LogP contribution >= 0.6 is 0 Å². The van der Waals surface area contributed by atoms with Crippen molar-refractivity contribution in [3.63, 3.8) is 0 Å². The van der Waals surface area contributed by atoms with Gasteiger partial charge in [0.2, 0.25) is 0 Å². The highest BCUT2D eigenvalue weighted by Gasteiger charge is 2.23. The van der Waals surface area contributed by atoms with Crippen molar-refractivity contribution < 1.29 is 0 Å². The fourth-order valence-corrected chi connectivity index (χ4v) is 6.11. The summed E-state index contributed by atoms with van der Waals surface area (Å²) in [6.45, 7) is 8.51. The zero-order valence-electron chi connectivity index (χ0n) is 24.2. The van der Waals surface area contributed by atoms with Crippen molar-refractivity contribution in [1.82, 2.24) is 0 Å². The van der Waals surface area contributed by atoms with Gasteiger partial charge in [-0.3, -0.25) is 0 Å². The number of hydrogen-bond donors (Lipinski definition) is 0. The van der Waals surface area contributed by atoms with Crippen molar-refractivity contribution in [1.29, 1.82) is 0 Å². The summed E-state index contributed by atoms with van der Waals surface area (Å²) in [5.41, 5.74) is 16.0. The van der Waals surface area contributed by atoms with E-state index in [0.717, 1.165) is 41.2 Å². The summed E-state index contributed by atoms with van der Waals surface area (Å²) in [5.74, 6) is 0. The molecule has 0 fully saturated rings. The topological polar surface area (TPSA) is 6.48 Å². The lowest BCUT2D eigenvalue weighted by molar-refractivity contribution is 1.14. The molecule has 0 amide bonds. The van der Waals surface area contributed by atoms with Gasteiger partial charge in [-0.2, -0.15) is 0 Å². The van der Waals surface area contributed by atoms with E-state index >= 15 is 0 Å². The SMILES string of the molecule is C=C1C=C(N(c2ccc(C)cc2)c2ccc3c(c2)Cc2cc(N(c4ccccc4)c4ccc(C)cc4)ccc2-3)C=CC1. The molecule has 0 unspecified atom stereocenters. The Bertz CT molecular complexity index is 1840. The number of nitrogens with zero attached hydrogens (tertiary/aromatic N) is 2. The first-order valence-electron chi connectivity index (χ1n) is 14.6. The van der Waals surface area contributed by atoms with Crippen LogP contribution in [0.25, 0.3) is 11.1 Å². The molecule has 0 atom stereocenters. The molecular formula is C40H34N2. The minimum atomic E-state index is 0.898. The molecule has 0 bridgehead atoms. The number of para-hydroxylation sites is 1. The molecule has 0 spiro atoms. The molecule has 0 aliphatic heterocycles. The van der Waals surface area contributed by atoms with Crippen LogP contribution in [-0.2, 0) is 6.42 Å². The third-order valence-electron chi connectivity index (χ3n) is 8.24. The third kappa shape index (κ3) is 4.86. The van der Waals surface area contributed by atoms with Gasteiger partial charge in [0, 0.05) is 34.1 Å². The Morgan fingerprint density at radius 1 is 0.548 bits per heavy atom. The van der Waals surface area contributed by atoms with E-state index in [1.54, 1.807) is 0 Å². The van der Waals surface area contributed by atoms with E-state index in [4.69, 9.17) is 0 Å². The molecule has 2 aliphatic rings. The summed E-state index contributed by atoms with van der Waals surface area (Å²) in [6, 6.07) is 42.1. The van der Waals surface area contributed by atoms with Crippen molar-refractivity contribution in [2.75, 3.05) is 9.80 Å². The predicted molar refractivity (Wildman–Crippen MR) is 178 cm³/mol. The first kappa shape index (κ1) is 25.9. The second-order valence-electron chi connectivity index (χ2n) is 11.4. The van der Waals surface area contributed by atoms with Crippen molar-refractivity contribution in [3.8, 4) is 11.1 Å². The molecule has 0 heterocycles. The standard InChI is InChI=1S/C40H34N2/c1-28-12-16-34(17-13-28)41(33-9-5-4-6-10-33)37-20-22-39-31(26-37)25-32-27-38(21-23-40(32)39)42(35-18-14-29(2)15-19-35)36-11-7-8-30(3)24-36/h4-7,9-24,26-27H,3,8,25H2,1-2H3. The molecule has 2 aliphatic carbocycles. The van der Waals surface area contributed by atoms with Crippen LogP contribution in [0.15, 0.2) is 151 Å². The number of aryl methyl sites for hydroxylation is 2. The monoisotopic (exact) mass is 542 g/mol. The third-order valence-corrected chi connectivity index (χ3v) is 8.24. The van der Waals surface area contributed by atoms with Crippen LogP contribution in [0.2, 0.25) is 0 Å². The van der Waals surface area contributed by atoms with E-state index in [1.165, 1.54) is 44.8 Å². The van der Waals surface area contributed by atoms with Gasteiger partial charge in [-0.25, -0.2) is 0 Å². The molecule has 204 valence electrons.